The van der Waals surface area contributed by atoms with E-state index in [0.717, 1.165) is 5.56 Å². The van der Waals surface area contributed by atoms with Crippen molar-refractivity contribution in [3.05, 3.63) is 42.0 Å². The lowest BCUT2D eigenvalue weighted by Gasteiger charge is -2.27. The minimum atomic E-state index is -0.719. The number of rotatable bonds is 7. The fraction of sp³-hybridized carbons (Fsp3) is 0.500. The molecule has 0 aromatic heterocycles. The zero-order valence-corrected chi connectivity index (χ0v) is 15.8. The number of amides is 1. The number of ether oxygens (including phenoxy) is 1. The van der Waals surface area contributed by atoms with Gasteiger partial charge in [0.1, 0.15) is 11.6 Å². The van der Waals surface area contributed by atoms with Crippen molar-refractivity contribution in [1.29, 1.82) is 0 Å². The third kappa shape index (κ3) is 7.98. The number of benzene rings is 1. The Morgan fingerprint density at radius 2 is 1.80 bits per heavy atom. The lowest BCUT2D eigenvalue weighted by atomic mass is 10.0. The average Bonchev–Trinajstić information content (AvgIpc) is 2.51. The topological polar surface area (TPSA) is 81.4 Å². The number of carbonyl (C=O) groups excluding carboxylic acids is 2. The van der Waals surface area contributed by atoms with Crippen molar-refractivity contribution in [2.45, 2.75) is 58.7 Å². The highest BCUT2D eigenvalue weighted by atomic mass is 16.6. The molecule has 0 aliphatic rings. The number of nitrogens with one attached hydrogen (secondary N) is 1. The highest BCUT2D eigenvalue weighted by Gasteiger charge is 2.30. The summed E-state index contributed by atoms with van der Waals surface area (Å²) in [6.45, 7) is 9.10. The molecule has 1 rings (SSSR count). The van der Waals surface area contributed by atoms with Crippen molar-refractivity contribution in [3.63, 3.8) is 0 Å². The molecule has 0 saturated carbocycles. The molecule has 138 valence electrons. The molecule has 0 aliphatic carbocycles. The molecule has 5 nitrogen and oxygen atoms in total. The molecule has 1 aromatic rings. The van der Waals surface area contributed by atoms with E-state index in [-0.39, 0.29) is 11.8 Å². The van der Waals surface area contributed by atoms with Crippen molar-refractivity contribution in [3.8, 4) is 0 Å². The van der Waals surface area contributed by atoms with E-state index in [4.69, 9.17) is 10.5 Å². The second-order valence-corrected chi connectivity index (χ2v) is 7.42. The van der Waals surface area contributed by atoms with Crippen molar-refractivity contribution in [2.75, 3.05) is 0 Å². The number of esters is 1. The number of hydrogen-bond acceptors (Lipinski definition) is 4. The Bertz CT molecular complexity index is 589. The monoisotopic (exact) mass is 346 g/mol. The Kier molecular flexibility index (Phi) is 7.84. The third-order valence-corrected chi connectivity index (χ3v) is 3.46. The zero-order valence-electron chi connectivity index (χ0n) is 15.8. The molecule has 0 fully saturated rings. The second-order valence-electron chi connectivity index (χ2n) is 7.42. The summed E-state index contributed by atoms with van der Waals surface area (Å²) in [5.41, 5.74) is 6.39. The average molecular weight is 346 g/mol. The van der Waals surface area contributed by atoms with Gasteiger partial charge >= 0.3 is 5.97 Å². The Hall–Kier alpha value is -2.14. The second kappa shape index (κ2) is 9.37. The first-order chi connectivity index (χ1) is 11.6. The van der Waals surface area contributed by atoms with Gasteiger partial charge in [-0.25, -0.2) is 4.79 Å². The molecule has 2 atom stereocenters. The normalized spacial score (nSPS) is 14.4. The van der Waals surface area contributed by atoms with E-state index >= 15 is 0 Å². The summed E-state index contributed by atoms with van der Waals surface area (Å²) in [4.78, 5) is 24.6. The molecule has 0 saturated heterocycles. The number of hydrogen-bond donors (Lipinski definition) is 2. The molecule has 3 N–H and O–H groups in total. The molecule has 0 radical (unpaired) electrons. The molecule has 0 bridgehead atoms. The van der Waals surface area contributed by atoms with Gasteiger partial charge in [-0.1, -0.05) is 56.3 Å². The molecular formula is C20H30N2O3. The molecule has 0 aliphatic heterocycles. The van der Waals surface area contributed by atoms with Gasteiger partial charge in [-0.15, -0.1) is 0 Å². The van der Waals surface area contributed by atoms with E-state index in [1.807, 2.05) is 56.3 Å². The van der Waals surface area contributed by atoms with Crippen molar-refractivity contribution in [2.24, 2.45) is 11.7 Å². The molecule has 5 heteroatoms. The first kappa shape index (κ1) is 20.9. The van der Waals surface area contributed by atoms with Gasteiger partial charge in [0.15, 0.2) is 0 Å². The summed E-state index contributed by atoms with van der Waals surface area (Å²) in [6.07, 6.45) is 4.16. The van der Waals surface area contributed by atoms with Gasteiger partial charge in [0, 0.05) is 0 Å². The van der Waals surface area contributed by atoms with Crippen LogP contribution in [0.1, 0.15) is 46.6 Å². The minimum absolute atomic E-state index is 0.0918. The van der Waals surface area contributed by atoms with E-state index < -0.39 is 23.7 Å². The van der Waals surface area contributed by atoms with Gasteiger partial charge in [0.2, 0.25) is 5.91 Å². The van der Waals surface area contributed by atoms with E-state index in [9.17, 15) is 9.59 Å². The van der Waals surface area contributed by atoms with Gasteiger partial charge < -0.3 is 15.8 Å². The van der Waals surface area contributed by atoms with E-state index in [1.165, 1.54) is 0 Å². The van der Waals surface area contributed by atoms with E-state index in [1.54, 1.807) is 20.8 Å². The summed E-state index contributed by atoms with van der Waals surface area (Å²) in [5, 5.41) is 2.71. The van der Waals surface area contributed by atoms with Crippen molar-refractivity contribution in [1.82, 2.24) is 5.32 Å². The summed E-state index contributed by atoms with van der Waals surface area (Å²) in [7, 11) is 0. The minimum Gasteiger partial charge on any atom is -0.458 e. The third-order valence-electron chi connectivity index (χ3n) is 3.46. The fourth-order valence-electron chi connectivity index (χ4n) is 2.15. The standard InChI is InChI=1S/C20H30N2O3/c1-14(2)17(19(24)25-20(3,4)5)22-18(23)16(21)13-9-12-15-10-7-6-8-11-15/h6-12,14,16-17H,13,21H2,1-5H3,(H,22,23)/b12-9+/t16-,17-/m0/s1. The predicted molar refractivity (Wildman–Crippen MR) is 101 cm³/mol. The van der Waals surface area contributed by atoms with Crippen LogP contribution in [0.3, 0.4) is 0 Å². The largest absolute Gasteiger partial charge is 0.458 e. The van der Waals surface area contributed by atoms with Crippen molar-refractivity contribution >= 4 is 18.0 Å². The van der Waals surface area contributed by atoms with Crippen LogP contribution >= 0.6 is 0 Å². The first-order valence-electron chi connectivity index (χ1n) is 8.60. The van der Waals surface area contributed by atoms with Gasteiger partial charge in [-0.3, -0.25) is 4.79 Å². The molecule has 0 unspecified atom stereocenters. The smallest absolute Gasteiger partial charge is 0.329 e. The molecule has 25 heavy (non-hydrogen) atoms. The number of nitrogens with two attached hydrogens (primary N) is 1. The molecule has 0 heterocycles. The van der Waals surface area contributed by atoms with Crippen LogP contribution in [0, 0.1) is 5.92 Å². The summed E-state index contributed by atoms with van der Waals surface area (Å²) >= 11 is 0. The highest BCUT2D eigenvalue weighted by molar-refractivity contribution is 5.87. The number of carbonyl (C=O) groups is 2. The Labute approximate surface area is 150 Å². The van der Waals surface area contributed by atoms with Crippen LogP contribution in [0.5, 0.6) is 0 Å². The van der Waals surface area contributed by atoms with Crippen LogP contribution in [-0.4, -0.2) is 29.6 Å². The highest BCUT2D eigenvalue weighted by Crippen LogP contribution is 2.12. The maximum atomic E-state index is 12.3. The predicted octanol–water partition coefficient (Wildman–Crippen LogP) is 2.90. The Morgan fingerprint density at radius 1 is 1.20 bits per heavy atom. The lowest BCUT2D eigenvalue weighted by Crippen LogP contribution is -2.52. The molecule has 1 amide bonds. The Balaban J connectivity index is 2.61. The van der Waals surface area contributed by atoms with Crippen LogP contribution in [0.15, 0.2) is 36.4 Å². The fourth-order valence-corrected chi connectivity index (χ4v) is 2.15. The van der Waals surface area contributed by atoms with Gasteiger partial charge in [-0.2, -0.15) is 0 Å². The summed E-state index contributed by atoms with van der Waals surface area (Å²) < 4.78 is 5.37. The van der Waals surface area contributed by atoms with Crippen molar-refractivity contribution < 1.29 is 14.3 Å². The Morgan fingerprint density at radius 3 is 2.32 bits per heavy atom. The van der Waals surface area contributed by atoms with Crippen LogP contribution in [0.25, 0.3) is 6.08 Å². The van der Waals surface area contributed by atoms with E-state index in [0.29, 0.717) is 6.42 Å². The van der Waals surface area contributed by atoms with Crippen LogP contribution < -0.4 is 11.1 Å². The first-order valence-corrected chi connectivity index (χ1v) is 8.60. The quantitative estimate of drug-likeness (QED) is 0.744. The van der Waals surface area contributed by atoms with Crippen LogP contribution in [0.2, 0.25) is 0 Å². The van der Waals surface area contributed by atoms with E-state index in [2.05, 4.69) is 5.32 Å². The molecule has 0 spiro atoms. The van der Waals surface area contributed by atoms with Gasteiger partial charge in [0.25, 0.3) is 0 Å². The summed E-state index contributed by atoms with van der Waals surface area (Å²) in [6, 6.07) is 8.35. The zero-order chi connectivity index (χ0) is 19.0. The maximum Gasteiger partial charge on any atom is 0.329 e. The molecule has 1 aromatic carbocycles. The lowest BCUT2D eigenvalue weighted by molar-refractivity contribution is -0.160. The molecular weight excluding hydrogens is 316 g/mol. The van der Waals surface area contributed by atoms with Crippen LogP contribution in [-0.2, 0) is 14.3 Å². The van der Waals surface area contributed by atoms with Gasteiger partial charge in [0.05, 0.1) is 6.04 Å². The summed E-state index contributed by atoms with van der Waals surface area (Å²) in [5.74, 6) is -0.893. The SMILES string of the molecule is CC(C)[C@H](NC(=O)[C@@H](N)C/C=C/c1ccccc1)C(=O)OC(C)(C)C. The van der Waals surface area contributed by atoms with Gasteiger partial charge in [-0.05, 0) is 38.7 Å². The van der Waals surface area contributed by atoms with Crippen LogP contribution in [0.4, 0.5) is 0 Å². The maximum absolute atomic E-state index is 12.3.